The third-order valence-corrected chi connectivity index (χ3v) is 12.5. The lowest BCUT2D eigenvalue weighted by Crippen LogP contribution is -2.44. The van der Waals surface area contributed by atoms with Gasteiger partial charge in [-0.05, 0) is 148 Å². The van der Waals surface area contributed by atoms with Gasteiger partial charge in [0.05, 0.1) is 40.3 Å². The second-order valence-corrected chi connectivity index (χ2v) is 21.6. The summed E-state index contributed by atoms with van der Waals surface area (Å²) in [4.78, 5) is 37.4. The predicted octanol–water partition coefficient (Wildman–Crippen LogP) is 18.7. The lowest BCUT2D eigenvalue weighted by molar-refractivity contribution is -0.870. The van der Waals surface area contributed by atoms with Gasteiger partial charge in [0.15, 0.2) is 12.4 Å². The first-order valence-electron chi connectivity index (χ1n) is 32.2. The quantitative estimate of drug-likeness (QED) is 0.0195. The smallest absolute Gasteiger partial charge is 0.306 e. The Labute approximate surface area is 518 Å². The first-order chi connectivity index (χ1) is 41.6. The summed E-state index contributed by atoms with van der Waals surface area (Å²) in [5, 5.41) is 11.8. The summed E-state index contributed by atoms with van der Waals surface area (Å²) in [6.45, 7) is 4.40. The first-order valence-corrected chi connectivity index (χ1v) is 32.2. The second kappa shape index (κ2) is 63.9. The molecule has 0 aromatic heterocycles. The number of carbonyl (C=O) groups excluding carboxylic acids is 3. The van der Waals surface area contributed by atoms with Crippen molar-refractivity contribution >= 4 is 17.9 Å². The van der Waals surface area contributed by atoms with Gasteiger partial charge in [-0.3, -0.25) is 9.59 Å². The Morgan fingerprint density at radius 2 is 0.635 bits per heavy atom. The molecule has 0 bridgehead atoms. The van der Waals surface area contributed by atoms with Crippen LogP contribution in [-0.4, -0.2) is 82.3 Å². The van der Waals surface area contributed by atoms with E-state index >= 15 is 0 Å². The Morgan fingerprint density at radius 3 is 0.965 bits per heavy atom. The fourth-order valence-corrected chi connectivity index (χ4v) is 7.66. The van der Waals surface area contributed by atoms with Crippen LogP contribution in [0.4, 0.5) is 0 Å². The van der Waals surface area contributed by atoms with Crippen molar-refractivity contribution in [3.8, 4) is 0 Å². The van der Waals surface area contributed by atoms with Crippen LogP contribution in [0.15, 0.2) is 207 Å². The lowest BCUT2D eigenvalue weighted by Gasteiger charge is -2.26. The van der Waals surface area contributed by atoms with Crippen LogP contribution in [0.2, 0.25) is 0 Å². The minimum Gasteiger partial charge on any atom is -0.545 e. The number of carbonyl (C=O) groups is 3. The van der Waals surface area contributed by atoms with Gasteiger partial charge in [-0.1, -0.05) is 240 Å². The molecule has 0 spiro atoms. The number of likely N-dealkylation sites (N-methyl/N-ethyl adjacent to an activating group) is 1. The van der Waals surface area contributed by atoms with E-state index in [9.17, 15) is 19.5 Å². The first kappa shape index (κ1) is 78.9. The molecular formula is C76H115NO8. The molecule has 0 rings (SSSR count). The van der Waals surface area contributed by atoms with Gasteiger partial charge in [0.1, 0.15) is 13.2 Å². The second-order valence-electron chi connectivity index (χ2n) is 21.6. The molecule has 9 heteroatoms. The fourth-order valence-electron chi connectivity index (χ4n) is 7.66. The molecule has 2 unspecified atom stereocenters. The van der Waals surface area contributed by atoms with Gasteiger partial charge in [0.2, 0.25) is 0 Å². The van der Waals surface area contributed by atoms with Crippen LogP contribution >= 0.6 is 0 Å². The molecule has 0 amide bonds. The minimum atomic E-state index is -1.65. The summed E-state index contributed by atoms with van der Waals surface area (Å²) in [6.07, 6.45) is 97.4. The van der Waals surface area contributed by atoms with Gasteiger partial charge in [-0.15, -0.1) is 0 Å². The molecule has 472 valence electrons. The Bertz CT molecular complexity index is 2140. The van der Waals surface area contributed by atoms with E-state index in [-0.39, 0.29) is 32.7 Å². The molecular weight excluding hydrogens is 1050 g/mol. The maximum absolute atomic E-state index is 12.9. The van der Waals surface area contributed by atoms with E-state index < -0.39 is 30.3 Å². The van der Waals surface area contributed by atoms with E-state index in [1.165, 1.54) is 0 Å². The molecule has 0 saturated heterocycles. The molecule has 0 saturated carbocycles. The number of carboxylic acid groups (broad SMARTS) is 1. The molecule has 9 nitrogen and oxygen atoms in total. The lowest BCUT2D eigenvalue weighted by atomic mass is 10.1. The zero-order chi connectivity index (χ0) is 61.9. The topological polar surface area (TPSA) is 111 Å². The van der Waals surface area contributed by atoms with E-state index in [4.69, 9.17) is 18.9 Å². The third kappa shape index (κ3) is 65.3. The van der Waals surface area contributed by atoms with Gasteiger partial charge >= 0.3 is 11.9 Å². The number of quaternary nitrogens is 1. The molecule has 0 aliphatic carbocycles. The summed E-state index contributed by atoms with van der Waals surface area (Å²) in [5.41, 5.74) is 0. The highest BCUT2D eigenvalue weighted by molar-refractivity contribution is 5.70. The SMILES string of the molecule is CC/C=C\C/C=C\C/C=C\C/C=C\C/C=C\C/C=C\C/C=C\C/C=C\C/C=C\C/C=C\CCCCC(=O)OC(COC(=O)CCCCCCC/C=C\C/C=C\C/C=C\C/C=C\C/C=C\C/C=C\C/C=C\CC)COC(OCC[N+](C)(C)C)C(=O)[O-]. The van der Waals surface area contributed by atoms with Crippen LogP contribution in [0.1, 0.15) is 194 Å². The Balaban J connectivity index is 4.40. The van der Waals surface area contributed by atoms with E-state index in [0.29, 0.717) is 23.9 Å². The molecule has 0 N–H and O–H groups in total. The molecule has 0 fully saturated rings. The number of rotatable bonds is 56. The van der Waals surface area contributed by atoms with E-state index in [2.05, 4.69) is 220 Å². The summed E-state index contributed by atoms with van der Waals surface area (Å²) in [6, 6.07) is 0. The maximum atomic E-state index is 12.9. The van der Waals surface area contributed by atoms with Crippen molar-refractivity contribution in [2.24, 2.45) is 0 Å². The Hall–Kier alpha value is -6.13. The van der Waals surface area contributed by atoms with Crippen molar-refractivity contribution in [3.63, 3.8) is 0 Å². The normalized spacial score (nSPS) is 14.1. The summed E-state index contributed by atoms with van der Waals surface area (Å²) in [5.74, 6) is -2.40. The molecule has 85 heavy (non-hydrogen) atoms. The van der Waals surface area contributed by atoms with Crippen LogP contribution < -0.4 is 5.11 Å². The molecule has 0 heterocycles. The van der Waals surface area contributed by atoms with Gasteiger partial charge in [0.25, 0.3) is 0 Å². The minimum absolute atomic E-state index is 0.122. The number of ether oxygens (including phenoxy) is 4. The van der Waals surface area contributed by atoms with E-state index in [0.717, 1.165) is 154 Å². The van der Waals surface area contributed by atoms with Crippen molar-refractivity contribution in [1.29, 1.82) is 0 Å². The average molecular weight is 1170 g/mol. The van der Waals surface area contributed by atoms with Gasteiger partial charge in [0, 0.05) is 12.8 Å². The fraction of sp³-hybridized carbons (Fsp3) is 0.513. The zero-order valence-electron chi connectivity index (χ0n) is 53.6. The number of esters is 2. The summed E-state index contributed by atoms with van der Waals surface area (Å²) < 4.78 is 22.6. The van der Waals surface area contributed by atoms with E-state index in [1.807, 2.05) is 21.1 Å². The van der Waals surface area contributed by atoms with Crippen molar-refractivity contribution in [3.05, 3.63) is 207 Å². The number of hydrogen-bond donors (Lipinski definition) is 0. The summed E-state index contributed by atoms with van der Waals surface area (Å²) in [7, 11) is 5.88. The monoisotopic (exact) mass is 1170 g/mol. The highest BCUT2D eigenvalue weighted by atomic mass is 16.7. The number of carboxylic acids is 1. The van der Waals surface area contributed by atoms with Crippen LogP contribution in [-0.2, 0) is 33.3 Å². The van der Waals surface area contributed by atoms with Crippen LogP contribution in [0, 0.1) is 0 Å². The average Bonchev–Trinajstić information content (AvgIpc) is 3.49. The van der Waals surface area contributed by atoms with Crippen LogP contribution in [0.3, 0.4) is 0 Å². The number of nitrogens with zero attached hydrogens (tertiary/aromatic N) is 1. The Kier molecular flexibility index (Phi) is 59.3. The third-order valence-electron chi connectivity index (χ3n) is 12.5. The molecule has 0 aromatic carbocycles. The maximum Gasteiger partial charge on any atom is 0.306 e. The highest BCUT2D eigenvalue weighted by Crippen LogP contribution is 2.12. The molecule has 0 aliphatic heterocycles. The number of hydrogen-bond acceptors (Lipinski definition) is 8. The molecule has 0 radical (unpaired) electrons. The number of allylic oxidation sites excluding steroid dienone is 34. The molecule has 2 atom stereocenters. The van der Waals surface area contributed by atoms with Crippen LogP contribution in [0.25, 0.3) is 0 Å². The Morgan fingerprint density at radius 1 is 0.353 bits per heavy atom. The van der Waals surface area contributed by atoms with Gasteiger partial charge < -0.3 is 33.3 Å². The van der Waals surface area contributed by atoms with E-state index in [1.54, 1.807) is 0 Å². The van der Waals surface area contributed by atoms with Crippen molar-refractivity contribution in [2.45, 2.75) is 206 Å². The van der Waals surface area contributed by atoms with Crippen molar-refractivity contribution in [2.75, 3.05) is 47.5 Å². The summed E-state index contributed by atoms with van der Waals surface area (Å²) >= 11 is 0. The van der Waals surface area contributed by atoms with Crippen LogP contribution in [0.5, 0.6) is 0 Å². The standard InChI is InChI=1S/C76H115NO8/c1-6-8-10-12-14-16-18-20-22-24-26-28-30-32-34-35-36-37-38-39-41-43-45-47-49-51-53-55-57-59-61-63-65-67-74(79)85-72(71-84-76(75(80)81)82-69-68-77(3,4)5)70-83-73(78)66-64-62-60-58-56-54-52-50-48-46-44-42-40-33-31-29-27-25-23-21-19-17-15-13-11-9-7-2/h8-11,14-17,20-23,26-29,32-34,36-37,39-41,44-47,50-53,57,59,72,76H,6-7,12-13,18-19,24-25,30-31,35,38,42-43,48-49,54-56,58,60-71H2,1-5H3/b10-8-,11-9-,16-14-,17-15-,22-20-,23-21-,28-26-,29-27-,34-32-,37-36-,40-33-,41-39-,46-44-,47-45-,52-50-,53-51-,59-57-. The number of aliphatic carboxylic acids is 1. The molecule has 0 aromatic rings. The zero-order valence-corrected chi connectivity index (χ0v) is 53.6. The largest absolute Gasteiger partial charge is 0.545 e. The predicted molar refractivity (Wildman–Crippen MR) is 360 cm³/mol. The highest BCUT2D eigenvalue weighted by Gasteiger charge is 2.22. The van der Waals surface area contributed by atoms with Crippen molar-refractivity contribution < 1.29 is 42.9 Å². The van der Waals surface area contributed by atoms with Gasteiger partial charge in [-0.25, -0.2) is 0 Å². The number of unbranched alkanes of at least 4 members (excludes halogenated alkanes) is 7. The van der Waals surface area contributed by atoms with Gasteiger partial charge in [-0.2, -0.15) is 0 Å². The molecule has 0 aliphatic rings. The van der Waals surface area contributed by atoms with Crippen molar-refractivity contribution in [1.82, 2.24) is 0 Å².